The highest BCUT2D eigenvalue weighted by Crippen LogP contribution is 2.31. The van der Waals surface area contributed by atoms with Crippen molar-refractivity contribution in [2.24, 2.45) is 5.92 Å². The van der Waals surface area contributed by atoms with Gasteiger partial charge in [0.25, 0.3) is 0 Å². The van der Waals surface area contributed by atoms with Crippen molar-refractivity contribution in [1.82, 2.24) is 20.1 Å². The number of hydrogen-bond acceptors (Lipinski definition) is 6. The van der Waals surface area contributed by atoms with E-state index >= 15 is 0 Å². The van der Waals surface area contributed by atoms with Crippen LogP contribution in [0.2, 0.25) is 0 Å². The minimum atomic E-state index is -1.26. The second-order valence-corrected chi connectivity index (χ2v) is 7.81. The van der Waals surface area contributed by atoms with Gasteiger partial charge in [0.2, 0.25) is 5.88 Å². The molecule has 3 aliphatic heterocycles. The van der Waals surface area contributed by atoms with Crippen LogP contribution in [0.5, 0.6) is 5.88 Å². The first-order valence-corrected chi connectivity index (χ1v) is 10.4. The van der Waals surface area contributed by atoms with Gasteiger partial charge < -0.3 is 19.9 Å². The lowest BCUT2D eigenvalue weighted by Gasteiger charge is -2.44. The maximum absolute atomic E-state index is 9.55. The minimum Gasteiger partial charge on any atom is -0.478 e. The van der Waals surface area contributed by atoms with Crippen LogP contribution in [0.15, 0.2) is 54.7 Å². The molecule has 2 aromatic heterocycles. The molecule has 32 heavy (non-hydrogen) atoms. The minimum absolute atomic E-state index is 0.265. The molecule has 3 fully saturated rings. The number of nitrogens with one attached hydrogen (secondary N) is 1. The molecule has 3 saturated heterocycles. The van der Waals surface area contributed by atoms with Crippen LogP contribution in [-0.2, 0) is 9.59 Å². The highest BCUT2D eigenvalue weighted by atomic mass is 16.5. The highest BCUT2D eigenvalue weighted by molar-refractivity contribution is 5.94. The third-order valence-corrected chi connectivity index (χ3v) is 5.75. The summed E-state index contributed by atoms with van der Waals surface area (Å²) in [7, 11) is 0. The van der Waals surface area contributed by atoms with Crippen LogP contribution in [0.25, 0.3) is 22.2 Å². The third-order valence-electron chi connectivity index (χ3n) is 5.75. The number of aliphatic carboxylic acids is 2. The zero-order valence-corrected chi connectivity index (χ0v) is 17.3. The Morgan fingerprint density at radius 3 is 2.38 bits per heavy atom. The molecule has 0 aliphatic carbocycles. The number of ether oxygens (including phenoxy) is 1. The second-order valence-electron chi connectivity index (χ2n) is 7.81. The summed E-state index contributed by atoms with van der Waals surface area (Å²) in [5.41, 5.74) is 3.08. The summed E-state index contributed by atoms with van der Waals surface area (Å²) in [5.74, 6) is -1.20. The summed E-state index contributed by atoms with van der Waals surface area (Å²) in [6.45, 7) is 3.46. The van der Waals surface area contributed by atoms with Crippen LogP contribution in [0.3, 0.4) is 0 Å². The smallest absolute Gasteiger partial charge is 0.328 e. The Kier molecular flexibility index (Phi) is 6.46. The van der Waals surface area contributed by atoms with Gasteiger partial charge in [-0.25, -0.2) is 9.59 Å². The number of nitrogens with zero attached hydrogens (tertiary/aromatic N) is 3. The maximum atomic E-state index is 9.55. The normalized spacial score (nSPS) is 21.8. The first-order valence-electron chi connectivity index (χ1n) is 10.4. The van der Waals surface area contributed by atoms with E-state index in [2.05, 4.69) is 38.3 Å². The standard InChI is InChI=1S/C19H20N4O.C4H4O4/c1-2-14(15-6-9-20-16(15)3-1)17-4-5-19(22-21-17)24-18-12-23-10-7-13(18)8-11-23;5-3(6)1-2-4(7)8/h1-6,9,13,18,20H,7-8,10-12H2;1-2H,(H,5,6)(H,7,8)/b;2-1+. The fourth-order valence-corrected chi connectivity index (χ4v) is 4.18. The van der Waals surface area contributed by atoms with Crippen molar-refractivity contribution < 1.29 is 24.5 Å². The van der Waals surface area contributed by atoms with E-state index < -0.39 is 11.9 Å². The average Bonchev–Trinajstić information content (AvgIpc) is 3.29. The average molecular weight is 436 g/mol. The highest BCUT2D eigenvalue weighted by Gasteiger charge is 2.35. The van der Waals surface area contributed by atoms with Crippen LogP contribution in [0.4, 0.5) is 0 Å². The Balaban J connectivity index is 0.000000265. The number of fused-ring (bicyclic) bond motifs is 4. The maximum Gasteiger partial charge on any atom is 0.328 e. The van der Waals surface area contributed by atoms with Crippen molar-refractivity contribution in [3.63, 3.8) is 0 Å². The summed E-state index contributed by atoms with van der Waals surface area (Å²) in [6.07, 6.45) is 5.81. The van der Waals surface area contributed by atoms with E-state index in [1.54, 1.807) is 0 Å². The summed E-state index contributed by atoms with van der Waals surface area (Å²) < 4.78 is 6.13. The molecular weight excluding hydrogens is 412 g/mol. The molecule has 0 amide bonds. The molecule has 0 saturated carbocycles. The van der Waals surface area contributed by atoms with Crippen molar-refractivity contribution in [3.8, 4) is 17.1 Å². The Bertz CT molecular complexity index is 1100. The van der Waals surface area contributed by atoms with Gasteiger partial charge in [-0.05, 0) is 50.0 Å². The molecule has 2 bridgehead atoms. The van der Waals surface area contributed by atoms with Crippen molar-refractivity contribution in [2.45, 2.75) is 18.9 Å². The van der Waals surface area contributed by atoms with Crippen LogP contribution in [-0.4, -0.2) is 68.0 Å². The molecule has 0 radical (unpaired) electrons. The molecule has 9 heteroatoms. The number of carboxylic acid groups (broad SMARTS) is 2. The molecule has 3 aliphatic rings. The first-order chi connectivity index (χ1) is 15.5. The molecule has 1 aromatic carbocycles. The molecule has 9 nitrogen and oxygen atoms in total. The number of carbonyl (C=O) groups is 2. The van der Waals surface area contributed by atoms with E-state index in [0.717, 1.165) is 28.7 Å². The lowest BCUT2D eigenvalue weighted by Crippen LogP contribution is -2.52. The van der Waals surface area contributed by atoms with E-state index in [1.807, 2.05) is 24.4 Å². The number of aromatic nitrogens is 3. The van der Waals surface area contributed by atoms with Gasteiger partial charge in [0, 0.05) is 47.4 Å². The Labute approximate surface area is 184 Å². The Morgan fingerprint density at radius 1 is 1.03 bits per heavy atom. The Morgan fingerprint density at radius 2 is 1.78 bits per heavy atom. The van der Waals surface area contributed by atoms with Crippen LogP contribution < -0.4 is 4.74 Å². The zero-order chi connectivity index (χ0) is 22.5. The van der Waals surface area contributed by atoms with Crippen molar-refractivity contribution >= 4 is 22.8 Å². The molecule has 166 valence electrons. The van der Waals surface area contributed by atoms with E-state index in [4.69, 9.17) is 14.9 Å². The van der Waals surface area contributed by atoms with Gasteiger partial charge in [-0.15, -0.1) is 10.2 Å². The first kappa shape index (κ1) is 21.5. The van der Waals surface area contributed by atoms with E-state index in [1.165, 1.54) is 25.9 Å². The van der Waals surface area contributed by atoms with E-state index in [0.29, 0.717) is 23.9 Å². The SMILES string of the molecule is O=C(O)/C=C/C(=O)O.c1cc(-c2ccc(OC3CN4CCC3CC4)nn2)c2cc[nH]c2c1. The summed E-state index contributed by atoms with van der Waals surface area (Å²) >= 11 is 0. The molecule has 1 unspecified atom stereocenters. The molecule has 5 heterocycles. The lowest BCUT2D eigenvalue weighted by atomic mass is 9.86. The number of carboxylic acids is 2. The largest absolute Gasteiger partial charge is 0.478 e. The zero-order valence-electron chi connectivity index (χ0n) is 17.3. The molecular formula is C23H24N4O5. The van der Waals surface area contributed by atoms with Crippen LogP contribution in [0.1, 0.15) is 12.8 Å². The van der Waals surface area contributed by atoms with Crippen molar-refractivity contribution in [3.05, 3.63) is 54.7 Å². The van der Waals surface area contributed by atoms with Crippen LogP contribution in [0, 0.1) is 5.92 Å². The van der Waals surface area contributed by atoms with Crippen LogP contribution >= 0.6 is 0 Å². The van der Waals surface area contributed by atoms with Gasteiger partial charge >= 0.3 is 11.9 Å². The summed E-state index contributed by atoms with van der Waals surface area (Å²) in [5, 5.41) is 25.5. The van der Waals surface area contributed by atoms with Gasteiger partial charge in [0.15, 0.2) is 0 Å². The van der Waals surface area contributed by atoms with Gasteiger partial charge in [0.1, 0.15) is 6.10 Å². The third kappa shape index (κ3) is 5.12. The van der Waals surface area contributed by atoms with E-state index in [9.17, 15) is 9.59 Å². The quantitative estimate of drug-likeness (QED) is 0.521. The lowest BCUT2D eigenvalue weighted by molar-refractivity contribution is -0.134. The fourth-order valence-electron chi connectivity index (χ4n) is 4.18. The molecule has 1 atom stereocenters. The second kappa shape index (κ2) is 9.61. The molecule has 3 aromatic rings. The van der Waals surface area contributed by atoms with Gasteiger partial charge in [-0.1, -0.05) is 12.1 Å². The number of hydrogen-bond donors (Lipinski definition) is 3. The Hall–Kier alpha value is -3.72. The molecule has 3 N–H and O–H groups in total. The molecule has 0 spiro atoms. The number of H-pyrrole nitrogens is 1. The van der Waals surface area contributed by atoms with Gasteiger partial charge in [0.05, 0.1) is 5.69 Å². The topological polar surface area (TPSA) is 129 Å². The monoisotopic (exact) mass is 436 g/mol. The number of benzene rings is 1. The number of rotatable bonds is 5. The predicted molar refractivity (Wildman–Crippen MR) is 117 cm³/mol. The summed E-state index contributed by atoms with van der Waals surface area (Å²) in [6, 6.07) is 12.2. The van der Waals surface area contributed by atoms with Crippen molar-refractivity contribution in [1.29, 1.82) is 0 Å². The molecule has 6 rings (SSSR count). The predicted octanol–water partition coefficient (Wildman–Crippen LogP) is 2.81. The van der Waals surface area contributed by atoms with Gasteiger partial charge in [-0.3, -0.25) is 4.90 Å². The summed E-state index contributed by atoms with van der Waals surface area (Å²) in [4.78, 5) is 24.8. The number of aromatic amines is 1. The number of piperidine rings is 3. The van der Waals surface area contributed by atoms with E-state index in [-0.39, 0.29) is 6.10 Å². The van der Waals surface area contributed by atoms with Gasteiger partial charge in [-0.2, -0.15) is 0 Å². The fraction of sp³-hybridized carbons (Fsp3) is 0.304. The van der Waals surface area contributed by atoms with Crippen molar-refractivity contribution in [2.75, 3.05) is 19.6 Å².